The number of aliphatic carboxylic acids is 1. The van der Waals surface area contributed by atoms with E-state index in [0.29, 0.717) is 0 Å². The van der Waals surface area contributed by atoms with Crippen LogP contribution in [0.5, 0.6) is 0 Å². The molecule has 0 amide bonds. The summed E-state index contributed by atoms with van der Waals surface area (Å²) in [4.78, 5) is 10.7. The van der Waals surface area contributed by atoms with Crippen molar-refractivity contribution in [2.75, 3.05) is 0 Å². The van der Waals surface area contributed by atoms with Crippen molar-refractivity contribution >= 4 is 21.9 Å². The first-order chi connectivity index (χ1) is 5.04. The van der Waals surface area contributed by atoms with E-state index in [1.807, 2.05) is 6.92 Å². The molecule has 0 aromatic rings. The van der Waals surface area contributed by atoms with Gasteiger partial charge in [0.25, 0.3) is 0 Å². The first kappa shape index (κ1) is 9.04. The highest BCUT2D eigenvalue weighted by Crippen LogP contribution is 2.40. The van der Waals surface area contributed by atoms with E-state index in [2.05, 4.69) is 15.9 Å². The van der Waals surface area contributed by atoms with Crippen molar-refractivity contribution in [1.29, 1.82) is 0 Å². The average Bonchev–Trinajstić information content (AvgIpc) is 1.85. The van der Waals surface area contributed by atoms with Gasteiger partial charge >= 0.3 is 5.97 Å². The molecule has 0 bridgehead atoms. The van der Waals surface area contributed by atoms with E-state index >= 15 is 0 Å². The molecule has 0 heterocycles. The van der Waals surface area contributed by atoms with Crippen LogP contribution >= 0.6 is 15.9 Å². The van der Waals surface area contributed by atoms with Crippen LogP contribution in [-0.2, 0) is 4.79 Å². The molecule has 2 unspecified atom stereocenters. The molecule has 1 rings (SSSR count). The summed E-state index contributed by atoms with van der Waals surface area (Å²) >= 11 is 3.48. The molecule has 1 fully saturated rings. The van der Waals surface area contributed by atoms with E-state index < -0.39 is 5.97 Å². The minimum absolute atomic E-state index is 0.170. The van der Waals surface area contributed by atoms with Gasteiger partial charge in [0, 0.05) is 4.32 Å². The summed E-state index contributed by atoms with van der Waals surface area (Å²) in [6, 6.07) is 0. The molecule has 64 valence electrons. The molecular weight excluding hydrogens is 208 g/mol. The fraction of sp³-hybridized carbons (Fsp3) is 0.875. The highest BCUT2D eigenvalue weighted by Gasteiger charge is 2.38. The van der Waals surface area contributed by atoms with Gasteiger partial charge in [-0.3, -0.25) is 4.79 Å². The van der Waals surface area contributed by atoms with Gasteiger partial charge in [-0.15, -0.1) is 0 Å². The summed E-state index contributed by atoms with van der Waals surface area (Å²) in [6.07, 6.45) is 3.99. The zero-order valence-electron chi connectivity index (χ0n) is 6.64. The summed E-state index contributed by atoms with van der Waals surface area (Å²) in [5.74, 6) is -0.861. The third-order valence-corrected chi connectivity index (χ3v) is 3.38. The van der Waals surface area contributed by atoms with E-state index in [0.717, 1.165) is 25.7 Å². The van der Waals surface area contributed by atoms with Crippen LogP contribution in [0.2, 0.25) is 0 Å². The number of rotatable bonds is 1. The van der Waals surface area contributed by atoms with Crippen molar-refractivity contribution in [3.8, 4) is 0 Å². The van der Waals surface area contributed by atoms with Crippen molar-refractivity contribution in [2.24, 2.45) is 5.92 Å². The monoisotopic (exact) mass is 220 g/mol. The van der Waals surface area contributed by atoms with Crippen molar-refractivity contribution in [1.82, 2.24) is 0 Å². The lowest BCUT2D eigenvalue weighted by atomic mass is 9.80. The van der Waals surface area contributed by atoms with Gasteiger partial charge in [-0.1, -0.05) is 28.8 Å². The fourth-order valence-corrected chi connectivity index (χ4v) is 2.38. The van der Waals surface area contributed by atoms with Gasteiger partial charge in [-0.2, -0.15) is 0 Å². The summed E-state index contributed by atoms with van der Waals surface area (Å²) in [7, 11) is 0. The summed E-state index contributed by atoms with van der Waals surface area (Å²) in [5, 5.41) is 8.84. The standard InChI is InChI=1S/C8H13BrO2/c1-8(9)5-3-2-4-6(8)7(10)11/h6H,2-5H2,1H3,(H,10,11). The Morgan fingerprint density at radius 1 is 1.64 bits per heavy atom. The van der Waals surface area contributed by atoms with Crippen LogP contribution in [0.3, 0.4) is 0 Å². The van der Waals surface area contributed by atoms with Gasteiger partial charge in [0.2, 0.25) is 0 Å². The summed E-state index contributed by atoms with van der Waals surface area (Å²) in [5.41, 5.74) is 0. The number of carboxylic acid groups (broad SMARTS) is 1. The van der Waals surface area contributed by atoms with Gasteiger partial charge in [0.15, 0.2) is 0 Å². The molecule has 0 spiro atoms. The van der Waals surface area contributed by atoms with Crippen LogP contribution in [0.15, 0.2) is 0 Å². The van der Waals surface area contributed by atoms with E-state index in [-0.39, 0.29) is 10.2 Å². The Morgan fingerprint density at radius 2 is 2.27 bits per heavy atom. The Kier molecular flexibility index (Phi) is 2.58. The van der Waals surface area contributed by atoms with Crippen LogP contribution in [0, 0.1) is 5.92 Å². The smallest absolute Gasteiger partial charge is 0.307 e. The first-order valence-corrected chi connectivity index (χ1v) is 4.75. The molecule has 0 aromatic carbocycles. The average molecular weight is 221 g/mol. The molecule has 1 aliphatic carbocycles. The number of halogens is 1. The van der Waals surface area contributed by atoms with Crippen LogP contribution in [0.4, 0.5) is 0 Å². The van der Waals surface area contributed by atoms with Gasteiger partial charge in [0.05, 0.1) is 5.92 Å². The molecule has 1 saturated carbocycles. The van der Waals surface area contributed by atoms with Crippen LogP contribution < -0.4 is 0 Å². The van der Waals surface area contributed by atoms with E-state index in [1.165, 1.54) is 0 Å². The van der Waals surface area contributed by atoms with Gasteiger partial charge in [-0.05, 0) is 19.8 Å². The number of carboxylic acids is 1. The number of carbonyl (C=O) groups is 1. The zero-order chi connectivity index (χ0) is 8.48. The quantitative estimate of drug-likeness (QED) is 0.690. The predicted octanol–water partition coefficient (Wildman–Crippen LogP) is 2.41. The zero-order valence-corrected chi connectivity index (χ0v) is 8.23. The van der Waals surface area contributed by atoms with Crippen LogP contribution in [0.25, 0.3) is 0 Å². The predicted molar refractivity (Wildman–Crippen MR) is 46.9 cm³/mol. The third-order valence-electron chi connectivity index (χ3n) is 2.43. The van der Waals surface area contributed by atoms with Crippen molar-refractivity contribution < 1.29 is 9.90 Å². The number of hydrogen-bond acceptors (Lipinski definition) is 1. The Morgan fingerprint density at radius 3 is 2.64 bits per heavy atom. The topological polar surface area (TPSA) is 37.3 Å². The molecule has 2 atom stereocenters. The molecule has 0 aromatic heterocycles. The normalized spacial score (nSPS) is 38.5. The maximum atomic E-state index is 10.7. The third kappa shape index (κ3) is 1.95. The lowest BCUT2D eigenvalue weighted by Crippen LogP contribution is -2.36. The fourth-order valence-electron chi connectivity index (χ4n) is 1.68. The molecule has 3 heteroatoms. The van der Waals surface area contributed by atoms with Crippen molar-refractivity contribution in [2.45, 2.75) is 36.9 Å². The van der Waals surface area contributed by atoms with Gasteiger partial charge in [-0.25, -0.2) is 0 Å². The highest BCUT2D eigenvalue weighted by atomic mass is 79.9. The summed E-state index contributed by atoms with van der Waals surface area (Å²) < 4.78 is -0.170. The Labute approximate surface area is 75.1 Å². The second-order valence-electron chi connectivity index (χ2n) is 3.41. The molecule has 0 radical (unpaired) electrons. The molecule has 1 N–H and O–H groups in total. The van der Waals surface area contributed by atoms with E-state index in [4.69, 9.17) is 5.11 Å². The number of hydrogen-bond donors (Lipinski definition) is 1. The molecule has 11 heavy (non-hydrogen) atoms. The molecule has 0 saturated heterocycles. The molecule has 1 aliphatic rings. The Balaban J connectivity index is 2.67. The highest BCUT2D eigenvalue weighted by molar-refractivity contribution is 9.10. The van der Waals surface area contributed by atoms with Gasteiger partial charge < -0.3 is 5.11 Å². The van der Waals surface area contributed by atoms with Crippen LogP contribution in [-0.4, -0.2) is 15.4 Å². The van der Waals surface area contributed by atoms with Crippen LogP contribution in [0.1, 0.15) is 32.6 Å². The van der Waals surface area contributed by atoms with Crippen molar-refractivity contribution in [3.63, 3.8) is 0 Å². The SMILES string of the molecule is CC1(Br)CCCCC1C(=O)O. The minimum Gasteiger partial charge on any atom is -0.481 e. The maximum Gasteiger partial charge on any atom is 0.307 e. The number of alkyl halides is 1. The van der Waals surface area contributed by atoms with E-state index in [9.17, 15) is 4.79 Å². The largest absolute Gasteiger partial charge is 0.481 e. The lowest BCUT2D eigenvalue weighted by molar-refractivity contribution is -0.143. The van der Waals surface area contributed by atoms with Gasteiger partial charge in [0.1, 0.15) is 0 Å². The summed E-state index contributed by atoms with van der Waals surface area (Å²) in [6.45, 7) is 1.98. The van der Waals surface area contributed by atoms with E-state index in [1.54, 1.807) is 0 Å². The second-order valence-corrected chi connectivity index (χ2v) is 5.23. The Hall–Kier alpha value is -0.0500. The second kappa shape index (κ2) is 3.13. The first-order valence-electron chi connectivity index (χ1n) is 3.96. The maximum absolute atomic E-state index is 10.7. The molecule has 2 nitrogen and oxygen atoms in total. The minimum atomic E-state index is -0.663. The van der Waals surface area contributed by atoms with Crippen molar-refractivity contribution in [3.05, 3.63) is 0 Å². The molecule has 0 aliphatic heterocycles. The Bertz CT molecular complexity index is 165. The lowest BCUT2D eigenvalue weighted by Gasteiger charge is -2.33. The molecular formula is C8H13BrO2.